The Bertz CT molecular complexity index is 779. The van der Waals surface area contributed by atoms with Crippen LogP contribution in [0.2, 0.25) is 0 Å². The number of nitrogens with two attached hydrogens (primary N) is 1. The largest absolute Gasteiger partial charge is 0.422 e. The number of rotatable bonds is 5. The van der Waals surface area contributed by atoms with Crippen molar-refractivity contribution in [2.75, 3.05) is 6.61 Å². The number of carbonyl (C=O) groups excluding carboxylic acids is 1. The molecule has 1 heterocycles. The molecule has 0 radical (unpaired) electrons. The Kier molecular flexibility index (Phi) is 5.21. The van der Waals surface area contributed by atoms with Gasteiger partial charge in [-0.15, -0.1) is 0 Å². The molecule has 5 nitrogen and oxygen atoms in total. The molecule has 1 aliphatic carbocycles. The van der Waals surface area contributed by atoms with Crippen LogP contribution in [0.25, 0.3) is 0 Å². The number of aromatic nitrogens is 1. The summed E-state index contributed by atoms with van der Waals surface area (Å²) in [5.74, 6) is 0.874. The Labute approximate surface area is 154 Å². The highest BCUT2D eigenvalue weighted by atomic mass is 16.5. The van der Waals surface area contributed by atoms with Crippen molar-refractivity contribution < 1.29 is 14.6 Å². The number of nitrogens with zero attached hydrogens (tertiary/aromatic N) is 1. The summed E-state index contributed by atoms with van der Waals surface area (Å²) < 4.78 is 7.42. The van der Waals surface area contributed by atoms with Crippen molar-refractivity contribution in [3.8, 4) is 5.75 Å². The van der Waals surface area contributed by atoms with Crippen LogP contribution >= 0.6 is 0 Å². The van der Waals surface area contributed by atoms with Gasteiger partial charge in [0.2, 0.25) is 0 Å². The first-order chi connectivity index (χ1) is 12.3. The number of esters is 1. The van der Waals surface area contributed by atoms with Crippen LogP contribution < -0.4 is 10.5 Å². The average molecular weight is 356 g/mol. The number of ether oxygens (including phenoxy) is 1. The molecule has 1 aliphatic rings. The fourth-order valence-electron chi connectivity index (χ4n) is 3.77. The SMILES string of the molecule is CC(C)c1ccc(OC(=O)c2ccc([C@H]3CC[C@](N)(CO)C3)n2C)cc1. The summed E-state index contributed by atoms with van der Waals surface area (Å²) >= 11 is 0. The van der Waals surface area contributed by atoms with E-state index in [4.69, 9.17) is 10.5 Å². The molecule has 0 amide bonds. The van der Waals surface area contributed by atoms with Crippen LogP contribution in [0.15, 0.2) is 36.4 Å². The predicted octanol–water partition coefficient (Wildman–Crippen LogP) is 3.33. The molecule has 5 heteroatoms. The minimum Gasteiger partial charge on any atom is -0.422 e. The number of aliphatic hydroxyl groups excluding tert-OH is 1. The molecule has 3 rings (SSSR count). The van der Waals surface area contributed by atoms with Crippen LogP contribution in [0.4, 0.5) is 0 Å². The zero-order valence-corrected chi connectivity index (χ0v) is 15.7. The molecule has 2 atom stereocenters. The van der Waals surface area contributed by atoms with E-state index in [9.17, 15) is 9.90 Å². The van der Waals surface area contributed by atoms with E-state index in [0.29, 0.717) is 17.4 Å². The lowest BCUT2D eigenvalue weighted by molar-refractivity contribution is 0.0724. The van der Waals surface area contributed by atoms with Gasteiger partial charge in [0.15, 0.2) is 0 Å². The van der Waals surface area contributed by atoms with Gasteiger partial charge in [0.05, 0.1) is 6.61 Å². The molecule has 2 aromatic rings. The van der Waals surface area contributed by atoms with Crippen LogP contribution in [0.3, 0.4) is 0 Å². The second-order valence-corrected chi connectivity index (χ2v) is 7.78. The van der Waals surface area contributed by atoms with E-state index >= 15 is 0 Å². The molecule has 1 fully saturated rings. The summed E-state index contributed by atoms with van der Waals surface area (Å²) in [7, 11) is 1.88. The van der Waals surface area contributed by atoms with E-state index < -0.39 is 5.54 Å². The maximum Gasteiger partial charge on any atom is 0.360 e. The summed E-state index contributed by atoms with van der Waals surface area (Å²) in [4.78, 5) is 12.6. The molecule has 26 heavy (non-hydrogen) atoms. The summed E-state index contributed by atoms with van der Waals surface area (Å²) in [6, 6.07) is 11.4. The van der Waals surface area contributed by atoms with Crippen molar-refractivity contribution in [2.45, 2.75) is 50.5 Å². The minimum atomic E-state index is -0.506. The molecule has 3 N–H and O–H groups in total. The number of hydrogen-bond acceptors (Lipinski definition) is 4. The van der Waals surface area contributed by atoms with E-state index in [1.165, 1.54) is 5.56 Å². The summed E-state index contributed by atoms with van der Waals surface area (Å²) in [5.41, 5.74) is 8.47. The van der Waals surface area contributed by atoms with Crippen LogP contribution in [-0.2, 0) is 7.05 Å². The van der Waals surface area contributed by atoms with Gasteiger partial charge in [0.1, 0.15) is 11.4 Å². The first-order valence-electron chi connectivity index (χ1n) is 9.20. The summed E-state index contributed by atoms with van der Waals surface area (Å²) in [5, 5.41) is 9.46. The van der Waals surface area contributed by atoms with Gasteiger partial charge in [-0.25, -0.2) is 4.79 Å². The van der Waals surface area contributed by atoms with E-state index in [1.807, 2.05) is 41.9 Å². The van der Waals surface area contributed by atoms with E-state index in [2.05, 4.69) is 13.8 Å². The first-order valence-corrected chi connectivity index (χ1v) is 9.20. The van der Waals surface area contributed by atoms with Crippen molar-refractivity contribution in [3.05, 3.63) is 53.3 Å². The predicted molar refractivity (Wildman–Crippen MR) is 101 cm³/mol. The van der Waals surface area contributed by atoms with Crippen molar-refractivity contribution in [1.29, 1.82) is 0 Å². The van der Waals surface area contributed by atoms with Gasteiger partial charge in [-0.2, -0.15) is 0 Å². The summed E-state index contributed by atoms with van der Waals surface area (Å²) in [6.07, 6.45) is 2.44. The van der Waals surface area contributed by atoms with Gasteiger partial charge in [-0.05, 0) is 55.0 Å². The lowest BCUT2D eigenvalue weighted by atomic mass is 9.97. The third kappa shape index (κ3) is 3.69. The molecule has 1 aromatic heterocycles. The zero-order chi connectivity index (χ0) is 18.9. The standard InChI is InChI=1S/C21H28N2O3/c1-14(2)15-4-6-17(7-5-15)26-20(25)19-9-8-18(23(19)3)16-10-11-21(22,12-16)13-24/h4-9,14,16,24H,10-13,22H2,1-3H3/t16-,21+/m0/s1. The second-order valence-electron chi connectivity index (χ2n) is 7.78. The molecule has 1 aromatic carbocycles. The Hall–Kier alpha value is -2.11. The first kappa shape index (κ1) is 18.7. The quantitative estimate of drug-likeness (QED) is 0.636. The molecule has 0 bridgehead atoms. The molecule has 0 aliphatic heterocycles. The van der Waals surface area contributed by atoms with Gasteiger partial charge in [-0.1, -0.05) is 26.0 Å². The van der Waals surface area contributed by atoms with Gasteiger partial charge < -0.3 is 20.1 Å². The van der Waals surface area contributed by atoms with Gasteiger partial charge >= 0.3 is 5.97 Å². The molecule has 0 unspecified atom stereocenters. The highest BCUT2D eigenvalue weighted by Gasteiger charge is 2.37. The third-order valence-corrected chi connectivity index (χ3v) is 5.50. The van der Waals surface area contributed by atoms with Crippen LogP contribution in [0, 0.1) is 0 Å². The topological polar surface area (TPSA) is 77.5 Å². The highest BCUT2D eigenvalue weighted by Crippen LogP contribution is 2.39. The van der Waals surface area contributed by atoms with Crippen molar-refractivity contribution in [2.24, 2.45) is 12.8 Å². The monoisotopic (exact) mass is 356 g/mol. The normalized spacial score (nSPS) is 22.8. The van der Waals surface area contributed by atoms with Crippen LogP contribution in [-0.4, -0.2) is 27.8 Å². The summed E-state index contributed by atoms with van der Waals surface area (Å²) in [6.45, 7) is 4.25. The van der Waals surface area contributed by atoms with Gasteiger partial charge in [0, 0.05) is 24.2 Å². The van der Waals surface area contributed by atoms with E-state index in [0.717, 1.165) is 25.0 Å². The second kappa shape index (κ2) is 7.25. The van der Waals surface area contributed by atoms with Gasteiger partial charge in [0.25, 0.3) is 0 Å². The highest BCUT2D eigenvalue weighted by molar-refractivity contribution is 5.89. The Morgan fingerprint density at radius 2 is 2.00 bits per heavy atom. The number of aliphatic hydroxyl groups is 1. The molecular weight excluding hydrogens is 328 g/mol. The number of hydrogen-bond donors (Lipinski definition) is 2. The van der Waals surface area contributed by atoms with Crippen LogP contribution in [0.5, 0.6) is 5.75 Å². The Morgan fingerprint density at radius 1 is 1.31 bits per heavy atom. The maximum atomic E-state index is 12.6. The zero-order valence-electron chi connectivity index (χ0n) is 15.7. The van der Waals surface area contributed by atoms with E-state index in [-0.39, 0.29) is 18.5 Å². The van der Waals surface area contributed by atoms with Crippen molar-refractivity contribution in [3.63, 3.8) is 0 Å². The van der Waals surface area contributed by atoms with Crippen molar-refractivity contribution >= 4 is 5.97 Å². The lowest BCUT2D eigenvalue weighted by Crippen LogP contribution is -2.40. The van der Waals surface area contributed by atoms with Crippen molar-refractivity contribution in [1.82, 2.24) is 4.57 Å². The smallest absolute Gasteiger partial charge is 0.360 e. The average Bonchev–Trinajstić information content (AvgIpc) is 3.19. The van der Waals surface area contributed by atoms with Gasteiger partial charge in [-0.3, -0.25) is 0 Å². The minimum absolute atomic E-state index is 0.00477. The third-order valence-electron chi connectivity index (χ3n) is 5.50. The van der Waals surface area contributed by atoms with Crippen LogP contribution in [0.1, 0.15) is 66.7 Å². The maximum absolute atomic E-state index is 12.6. The Morgan fingerprint density at radius 3 is 2.58 bits per heavy atom. The molecule has 0 saturated heterocycles. The molecule has 0 spiro atoms. The molecular formula is C21H28N2O3. The fraction of sp³-hybridized carbons (Fsp3) is 0.476. The fourth-order valence-corrected chi connectivity index (χ4v) is 3.77. The number of carbonyl (C=O) groups is 1. The number of benzene rings is 1. The molecule has 140 valence electrons. The van der Waals surface area contributed by atoms with E-state index in [1.54, 1.807) is 6.07 Å². The Balaban J connectivity index is 1.72. The lowest BCUT2D eigenvalue weighted by Gasteiger charge is -2.21. The molecule has 1 saturated carbocycles.